The largest absolute Gasteiger partial charge is 0.384 e. The number of carbonyl (C=O) groups excluding carboxylic acids is 1. The van der Waals surface area contributed by atoms with E-state index in [0.717, 1.165) is 31.5 Å². The highest BCUT2D eigenvalue weighted by atomic mass is 35.5. The molecule has 0 bridgehead atoms. The van der Waals surface area contributed by atoms with Crippen LogP contribution in [-0.2, 0) is 9.53 Å². The van der Waals surface area contributed by atoms with Gasteiger partial charge in [0.15, 0.2) is 0 Å². The molecule has 2 rings (SSSR count). The number of nitrogens with one attached hydrogen (secondary N) is 2. The van der Waals surface area contributed by atoms with Crippen molar-refractivity contribution in [2.24, 2.45) is 5.41 Å². The quantitative estimate of drug-likeness (QED) is 0.878. The van der Waals surface area contributed by atoms with Gasteiger partial charge in [-0.15, -0.1) is 0 Å². The van der Waals surface area contributed by atoms with E-state index in [1.807, 2.05) is 31.2 Å². The van der Waals surface area contributed by atoms with Crippen molar-refractivity contribution in [2.75, 3.05) is 26.8 Å². The fourth-order valence-corrected chi connectivity index (χ4v) is 3.03. The lowest BCUT2D eigenvalue weighted by atomic mass is 9.78. The highest BCUT2D eigenvalue weighted by Crippen LogP contribution is 2.30. The Kier molecular flexibility index (Phi) is 5.62. The lowest BCUT2D eigenvalue weighted by molar-refractivity contribution is -0.136. The average molecular weight is 311 g/mol. The van der Waals surface area contributed by atoms with Crippen molar-refractivity contribution in [3.63, 3.8) is 0 Å². The van der Waals surface area contributed by atoms with Gasteiger partial charge in [-0.25, -0.2) is 0 Å². The molecule has 1 saturated heterocycles. The second kappa shape index (κ2) is 7.25. The first-order valence-electron chi connectivity index (χ1n) is 7.33. The molecule has 116 valence electrons. The van der Waals surface area contributed by atoms with Crippen molar-refractivity contribution in [3.8, 4) is 0 Å². The summed E-state index contributed by atoms with van der Waals surface area (Å²) in [7, 11) is 1.65. The van der Waals surface area contributed by atoms with Crippen molar-refractivity contribution in [2.45, 2.75) is 25.8 Å². The molecule has 1 heterocycles. The number of halogens is 1. The molecule has 0 aliphatic carbocycles. The maximum absolute atomic E-state index is 12.7. The number of ether oxygens (including phenoxy) is 1. The van der Waals surface area contributed by atoms with Crippen LogP contribution >= 0.6 is 11.6 Å². The third-order valence-corrected chi connectivity index (χ3v) is 4.39. The van der Waals surface area contributed by atoms with Crippen molar-refractivity contribution in [1.82, 2.24) is 10.6 Å². The van der Waals surface area contributed by atoms with Crippen molar-refractivity contribution >= 4 is 17.5 Å². The molecule has 2 N–H and O–H groups in total. The van der Waals surface area contributed by atoms with Gasteiger partial charge in [-0.2, -0.15) is 0 Å². The fourth-order valence-electron chi connectivity index (χ4n) is 2.83. The Labute approximate surface area is 131 Å². The second-order valence-electron chi connectivity index (χ2n) is 5.71. The molecule has 1 atom stereocenters. The van der Waals surface area contributed by atoms with Crippen molar-refractivity contribution in [1.29, 1.82) is 0 Å². The first-order valence-corrected chi connectivity index (χ1v) is 7.71. The van der Waals surface area contributed by atoms with Gasteiger partial charge in [-0.1, -0.05) is 23.7 Å². The van der Waals surface area contributed by atoms with Crippen LogP contribution in [0.1, 0.15) is 31.4 Å². The van der Waals surface area contributed by atoms with Crippen molar-refractivity contribution < 1.29 is 9.53 Å². The summed E-state index contributed by atoms with van der Waals surface area (Å²) in [5.74, 6) is 0.0679. The molecule has 0 aromatic heterocycles. The van der Waals surface area contributed by atoms with E-state index in [2.05, 4.69) is 10.6 Å². The molecule has 1 aromatic rings. The first-order chi connectivity index (χ1) is 10.1. The summed E-state index contributed by atoms with van der Waals surface area (Å²) in [4.78, 5) is 12.7. The predicted octanol–water partition coefficient (Wildman–Crippen LogP) is 2.53. The summed E-state index contributed by atoms with van der Waals surface area (Å²) in [6, 6.07) is 7.52. The molecule has 1 amide bonds. The zero-order valence-electron chi connectivity index (χ0n) is 12.6. The van der Waals surface area contributed by atoms with E-state index in [0.29, 0.717) is 11.6 Å². The Morgan fingerprint density at radius 3 is 2.81 bits per heavy atom. The minimum absolute atomic E-state index is 0.0679. The number of carbonyl (C=O) groups is 1. The van der Waals surface area contributed by atoms with Crippen LogP contribution in [0.2, 0.25) is 5.02 Å². The molecule has 4 nitrogen and oxygen atoms in total. The van der Waals surface area contributed by atoms with E-state index in [1.54, 1.807) is 7.11 Å². The monoisotopic (exact) mass is 310 g/mol. The summed E-state index contributed by atoms with van der Waals surface area (Å²) >= 11 is 6.01. The summed E-state index contributed by atoms with van der Waals surface area (Å²) in [6.07, 6.45) is 1.60. The second-order valence-corrected chi connectivity index (χ2v) is 6.15. The normalized spacial score (nSPS) is 19.0. The molecular weight excluding hydrogens is 288 g/mol. The Morgan fingerprint density at radius 2 is 2.19 bits per heavy atom. The summed E-state index contributed by atoms with van der Waals surface area (Å²) in [6.45, 7) is 4.14. The summed E-state index contributed by atoms with van der Waals surface area (Å²) in [5.41, 5.74) is 0.588. The number of hydrogen-bond donors (Lipinski definition) is 2. The van der Waals surface area contributed by atoms with Gasteiger partial charge in [-0.3, -0.25) is 4.79 Å². The van der Waals surface area contributed by atoms with E-state index in [1.165, 1.54) is 0 Å². The summed E-state index contributed by atoms with van der Waals surface area (Å²) < 4.78 is 5.30. The highest BCUT2D eigenvalue weighted by molar-refractivity contribution is 6.30. The molecule has 0 radical (unpaired) electrons. The van der Waals surface area contributed by atoms with Crippen LogP contribution in [0.3, 0.4) is 0 Å². The van der Waals surface area contributed by atoms with E-state index < -0.39 is 5.41 Å². The molecular formula is C16H23ClN2O2. The lowest BCUT2D eigenvalue weighted by Gasteiger charge is -2.36. The van der Waals surface area contributed by atoms with Gasteiger partial charge in [0, 0.05) is 12.1 Å². The number of piperidine rings is 1. The Balaban J connectivity index is 2.07. The van der Waals surface area contributed by atoms with Gasteiger partial charge in [0.2, 0.25) is 5.91 Å². The highest BCUT2D eigenvalue weighted by Gasteiger charge is 2.40. The van der Waals surface area contributed by atoms with E-state index in [4.69, 9.17) is 16.3 Å². The molecule has 1 aromatic carbocycles. The average Bonchev–Trinajstić information content (AvgIpc) is 2.48. The van der Waals surface area contributed by atoms with Crippen LogP contribution in [0.5, 0.6) is 0 Å². The van der Waals surface area contributed by atoms with E-state index in [9.17, 15) is 4.79 Å². The molecule has 1 aliphatic heterocycles. The maximum Gasteiger partial charge on any atom is 0.229 e. The Hall–Kier alpha value is -1.10. The molecule has 5 heteroatoms. The maximum atomic E-state index is 12.7. The number of amides is 1. The van der Waals surface area contributed by atoms with Crippen molar-refractivity contribution in [3.05, 3.63) is 34.9 Å². The van der Waals surface area contributed by atoms with Gasteiger partial charge in [0.05, 0.1) is 18.1 Å². The lowest BCUT2D eigenvalue weighted by Crippen LogP contribution is -2.50. The van der Waals surface area contributed by atoms with E-state index in [-0.39, 0.29) is 11.9 Å². The number of benzene rings is 1. The number of rotatable bonds is 5. The Morgan fingerprint density at radius 1 is 1.48 bits per heavy atom. The molecule has 21 heavy (non-hydrogen) atoms. The zero-order chi connectivity index (χ0) is 15.3. The smallest absolute Gasteiger partial charge is 0.229 e. The van der Waals surface area contributed by atoms with Gasteiger partial charge < -0.3 is 15.4 Å². The van der Waals surface area contributed by atoms with Gasteiger partial charge in [0.1, 0.15) is 0 Å². The summed E-state index contributed by atoms with van der Waals surface area (Å²) in [5, 5.41) is 7.09. The van der Waals surface area contributed by atoms with Crippen LogP contribution < -0.4 is 10.6 Å². The predicted molar refractivity (Wildman–Crippen MR) is 84.4 cm³/mol. The van der Waals surface area contributed by atoms with Crippen LogP contribution in [0.15, 0.2) is 24.3 Å². The van der Waals surface area contributed by atoms with Crippen LogP contribution in [0.4, 0.5) is 0 Å². The van der Waals surface area contributed by atoms with Crippen LogP contribution in [0.25, 0.3) is 0 Å². The molecule has 1 aliphatic rings. The number of hydrogen-bond acceptors (Lipinski definition) is 3. The molecule has 1 fully saturated rings. The molecule has 0 saturated carbocycles. The fraction of sp³-hybridized carbons (Fsp3) is 0.562. The SMILES string of the molecule is COCC1(C(=O)N[C@@H](C)c2cccc(Cl)c2)CCNCC1. The van der Waals surface area contributed by atoms with Crippen LogP contribution in [0, 0.1) is 5.41 Å². The third kappa shape index (κ3) is 3.96. The minimum Gasteiger partial charge on any atom is -0.384 e. The number of methoxy groups -OCH3 is 1. The standard InChI is InChI=1S/C16H23ClN2O2/c1-12(13-4-3-5-14(17)10-13)19-15(20)16(11-21-2)6-8-18-9-7-16/h3-5,10,12,18H,6-9,11H2,1-2H3,(H,19,20)/t12-/m0/s1. The van der Waals surface area contributed by atoms with Gasteiger partial charge >= 0.3 is 0 Å². The molecule has 0 unspecified atom stereocenters. The van der Waals surface area contributed by atoms with Crippen LogP contribution in [-0.4, -0.2) is 32.7 Å². The van der Waals surface area contributed by atoms with Gasteiger partial charge in [-0.05, 0) is 50.6 Å². The third-order valence-electron chi connectivity index (χ3n) is 4.16. The zero-order valence-corrected chi connectivity index (χ0v) is 13.4. The first kappa shape index (κ1) is 16.3. The van der Waals surface area contributed by atoms with Gasteiger partial charge in [0.25, 0.3) is 0 Å². The minimum atomic E-state index is -0.424. The molecule has 0 spiro atoms. The van der Waals surface area contributed by atoms with E-state index >= 15 is 0 Å². The topological polar surface area (TPSA) is 50.4 Å². The Bertz CT molecular complexity index is 481.